The molecule has 2 saturated carbocycles. The number of furan rings is 1. The summed E-state index contributed by atoms with van der Waals surface area (Å²) in [6, 6.07) is 9.97. The Hall–Kier alpha value is -2.53. The first kappa shape index (κ1) is 22.3. The van der Waals surface area contributed by atoms with E-state index in [2.05, 4.69) is 11.0 Å². The Balaban J connectivity index is 1.35. The molecule has 1 aromatic heterocycles. The molecule has 1 N–H and O–H groups in total. The fourth-order valence-corrected chi connectivity index (χ4v) is 6.19. The van der Waals surface area contributed by atoms with Gasteiger partial charge in [0.1, 0.15) is 11.5 Å². The average Bonchev–Trinajstić information content (AvgIpc) is 3.54. The highest BCUT2D eigenvalue weighted by Crippen LogP contribution is 2.50. The molecule has 1 aromatic carbocycles. The van der Waals surface area contributed by atoms with E-state index in [9.17, 15) is 9.90 Å². The van der Waals surface area contributed by atoms with Crippen LogP contribution in [0.1, 0.15) is 55.4 Å². The summed E-state index contributed by atoms with van der Waals surface area (Å²) in [6.07, 6.45) is 12.1. The number of amides is 1. The predicted octanol–water partition coefficient (Wildman–Crippen LogP) is 4.99. The molecular formula is C28H36N2O3. The maximum absolute atomic E-state index is 13.0. The van der Waals surface area contributed by atoms with Gasteiger partial charge in [-0.15, -0.1) is 0 Å². The van der Waals surface area contributed by atoms with Crippen molar-refractivity contribution in [3.8, 4) is 5.75 Å². The molecule has 3 atom stereocenters. The number of phenols is 1. The Kier molecular flexibility index (Phi) is 6.09. The highest BCUT2D eigenvalue weighted by atomic mass is 16.3. The van der Waals surface area contributed by atoms with E-state index in [1.54, 1.807) is 18.4 Å². The molecule has 2 aromatic rings. The molecule has 2 aliphatic carbocycles. The third-order valence-corrected chi connectivity index (χ3v) is 8.42. The van der Waals surface area contributed by atoms with E-state index in [1.165, 1.54) is 24.9 Å². The highest BCUT2D eigenvalue weighted by molar-refractivity contribution is 5.92. The molecule has 3 fully saturated rings. The van der Waals surface area contributed by atoms with Crippen LogP contribution in [0.5, 0.6) is 5.75 Å². The van der Waals surface area contributed by atoms with Crippen molar-refractivity contribution >= 4 is 12.0 Å². The van der Waals surface area contributed by atoms with Crippen LogP contribution in [0.3, 0.4) is 0 Å². The minimum absolute atomic E-state index is 0.0150. The summed E-state index contributed by atoms with van der Waals surface area (Å²) >= 11 is 0. The van der Waals surface area contributed by atoms with Gasteiger partial charge in [-0.3, -0.25) is 4.79 Å². The van der Waals surface area contributed by atoms with E-state index in [-0.39, 0.29) is 17.4 Å². The second-order valence-corrected chi connectivity index (χ2v) is 10.5. The third-order valence-electron chi connectivity index (χ3n) is 8.42. The molecule has 0 bridgehead atoms. The van der Waals surface area contributed by atoms with Crippen LogP contribution < -0.4 is 0 Å². The number of piperidine rings is 1. The summed E-state index contributed by atoms with van der Waals surface area (Å²) < 4.78 is 5.34. The predicted molar refractivity (Wildman–Crippen MR) is 130 cm³/mol. The molecule has 0 unspecified atom stereocenters. The lowest BCUT2D eigenvalue weighted by atomic mass is 9.57. The first-order chi connectivity index (χ1) is 15.9. The molecule has 5 heteroatoms. The lowest BCUT2D eigenvalue weighted by Gasteiger charge is -2.54. The van der Waals surface area contributed by atoms with E-state index < -0.39 is 0 Å². The van der Waals surface area contributed by atoms with Crippen LogP contribution in [0.4, 0.5) is 0 Å². The second-order valence-electron chi connectivity index (χ2n) is 10.5. The molecule has 1 amide bonds. The van der Waals surface area contributed by atoms with Crippen molar-refractivity contribution in [2.24, 2.45) is 11.8 Å². The van der Waals surface area contributed by atoms with Gasteiger partial charge in [0.15, 0.2) is 0 Å². The van der Waals surface area contributed by atoms with Gasteiger partial charge in [0.2, 0.25) is 5.91 Å². The third kappa shape index (κ3) is 4.61. The number of nitrogens with zero attached hydrogens (tertiary/aromatic N) is 2. The molecule has 3 aliphatic rings. The van der Waals surface area contributed by atoms with Crippen molar-refractivity contribution in [2.75, 3.05) is 26.7 Å². The molecule has 1 saturated heterocycles. The van der Waals surface area contributed by atoms with Crippen molar-refractivity contribution in [1.29, 1.82) is 0 Å². The normalized spacial score (nSPS) is 28.1. The average molecular weight is 449 g/mol. The number of phenolic OH excluding ortho intramolecular Hbond substituents is 1. The van der Waals surface area contributed by atoms with Crippen molar-refractivity contribution in [3.05, 3.63) is 59.6 Å². The van der Waals surface area contributed by atoms with Gasteiger partial charge in [-0.05, 0) is 93.7 Å². The number of likely N-dealkylation sites (tertiary alicyclic amines) is 1. The van der Waals surface area contributed by atoms with E-state index in [0.29, 0.717) is 11.7 Å². The molecule has 2 heterocycles. The van der Waals surface area contributed by atoms with Crippen molar-refractivity contribution in [1.82, 2.24) is 9.80 Å². The smallest absolute Gasteiger partial charge is 0.246 e. The Labute approximate surface area is 197 Å². The van der Waals surface area contributed by atoms with Crippen molar-refractivity contribution < 1.29 is 14.3 Å². The number of hydrogen-bond acceptors (Lipinski definition) is 4. The lowest BCUT2D eigenvalue weighted by molar-refractivity contribution is -0.128. The van der Waals surface area contributed by atoms with Crippen LogP contribution in [-0.4, -0.2) is 53.5 Å². The standard InChI is InChI=1S/C28H36N2O3/c1-20-22(12-15-33-20)8-11-27(32)29(2)25-10-9-24-19-30(18-21-6-7-21)14-13-28(24,17-25)23-4-3-5-26(31)16-23/h3-5,8,11-12,15-16,21,24-25,31H,6-7,9-10,13-14,17-19H2,1-2H3/b11-8+/t24-,25-,28+/m1/s1. The number of aryl methyl sites for hydroxylation is 1. The molecule has 5 nitrogen and oxygen atoms in total. The highest BCUT2D eigenvalue weighted by Gasteiger charge is 2.49. The zero-order chi connectivity index (χ0) is 23.0. The minimum Gasteiger partial charge on any atom is -0.508 e. The largest absolute Gasteiger partial charge is 0.508 e. The number of benzene rings is 1. The number of likely N-dealkylation sites (N-methyl/N-ethyl adjacent to an activating group) is 1. The molecular weight excluding hydrogens is 412 g/mol. The van der Waals surface area contributed by atoms with Crippen LogP contribution in [0, 0.1) is 18.8 Å². The summed E-state index contributed by atoms with van der Waals surface area (Å²) in [4.78, 5) is 17.7. The van der Waals surface area contributed by atoms with Crippen LogP contribution in [0.2, 0.25) is 0 Å². The summed E-state index contributed by atoms with van der Waals surface area (Å²) in [5.74, 6) is 2.67. The quantitative estimate of drug-likeness (QED) is 0.633. The summed E-state index contributed by atoms with van der Waals surface area (Å²) in [6.45, 7) is 5.39. The summed E-state index contributed by atoms with van der Waals surface area (Å²) in [5, 5.41) is 10.3. The minimum atomic E-state index is 0.0150. The van der Waals surface area contributed by atoms with Gasteiger partial charge in [-0.2, -0.15) is 0 Å². The zero-order valence-electron chi connectivity index (χ0n) is 19.9. The van der Waals surface area contributed by atoms with Gasteiger partial charge >= 0.3 is 0 Å². The molecule has 0 spiro atoms. The Morgan fingerprint density at radius 1 is 1.27 bits per heavy atom. The Morgan fingerprint density at radius 2 is 2.12 bits per heavy atom. The van der Waals surface area contributed by atoms with E-state index in [0.717, 1.165) is 56.0 Å². The van der Waals surface area contributed by atoms with Gasteiger partial charge in [0, 0.05) is 43.2 Å². The fourth-order valence-electron chi connectivity index (χ4n) is 6.19. The molecule has 176 valence electrons. The van der Waals surface area contributed by atoms with Crippen LogP contribution in [-0.2, 0) is 10.2 Å². The Morgan fingerprint density at radius 3 is 2.85 bits per heavy atom. The number of rotatable bonds is 6. The van der Waals surface area contributed by atoms with Crippen LogP contribution in [0.25, 0.3) is 6.08 Å². The van der Waals surface area contributed by atoms with E-state index >= 15 is 0 Å². The van der Waals surface area contributed by atoms with Crippen LogP contribution in [0.15, 0.2) is 47.1 Å². The molecule has 33 heavy (non-hydrogen) atoms. The number of fused-ring (bicyclic) bond motifs is 1. The fraction of sp³-hybridized carbons (Fsp3) is 0.536. The monoisotopic (exact) mass is 448 g/mol. The van der Waals surface area contributed by atoms with Crippen molar-refractivity contribution in [2.45, 2.75) is 56.9 Å². The first-order valence-corrected chi connectivity index (χ1v) is 12.5. The first-order valence-electron chi connectivity index (χ1n) is 12.5. The van der Waals surface area contributed by atoms with Gasteiger partial charge in [-0.25, -0.2) is 0 Å². The maximum Gasteiger partial charge on any atom is 0.246 e. The van der Waals surface area contributed by atoms with Gasteiger partial charge in [-0.1, -0.05) is 12.1 Å². The topological polar surface area (TPSA) is 56.9 Å². The number of carbonyl (C=O) groups excluding carboxylic acids is 1. The lowest BCUT2D eigenvalue weighted by Crippen LogP contribution is -2.56. The second kappa shape index (κ2) is 9.02. The summed E-state index contributed by atoms with van der Waals surface area (Å²) in [7, 11) is 1.94. The van der Waals surface area contributed by atoms with E-state index in [1.807, 2.05) is 43.1 Å². The van der Waals surface area contributed by atoms with Crippen molar-refractivity contribution in [3.63, 3.8) is 0 Å². The number of carbonyl (C=O) groups is 1. The Bertz CT molecular complexity index is 1020. The van der Waals surface area contributed by atoms with Gasteiger partial charge < -0.3 is 19.3 Å². The molecule has 5 rings (SSSR count). The summed E-state index contributed by atoms with van der Waals surface area (Å²) in [5.41, 5.74) is 2.20. The molecule has 1 aliphatic heterocycles. The number of hydrogen-bond donors (Lipinski definition) is 1. The van der Waals surface area contributed by atoms with E-state index in [4.69, 9.17) is 4.42 Å². The van der Waals surface area contributed by atoms with Crippen LogP contribution >= 0.6 is 0 Å². The SMILES string of the molecule is Cc1occc1/C=C/C(=O)N(C)[C@@H]1CC[C@@H]2CN(CC3CC3)CC[C@@]2(c2cccc(O)c2)C1. The van der Waals surface area contributed by atoms with Gasteiger partial charge in [0.25, 0.3) is 0 Å². The number of aromatic hydroxyl groups is 1. The molecule has 0 radical (unpaired) electrons. The maximum atomic E-state index is 13.0. The van der Waals surface area contributed by atoms with Gasteiger partial charge in [0.05, 0.1) is 6.26 Å². The zero-order valence-corrected chi connectivity index (χ0v) is 19.9.